The molecule has 0 aliphatic heterocycles. The summed E-state index contributed by atoms with van der Waals surface area (Å²) in [5.41, 5.74) is 0.827. The maximum atomic E-state index is 13.1. The van der Waals surface area contributed by atoms with Crippen molar-refractivity contribution in [3.63, 3.8) is 0 Å². The fourth-order valence-corrected chi connectivity index (χ4v) is 8.33. The first-order chi connectivity index (χ1) is 25.2. The topological polar surface area (TPSA) is 287 Å². The molecule has 6 aromatic carbocycles. The van der Waals surface area contributed by atoms with Crippen molar-refractivity contribution in [2.24, 2.45) is 20.5 Å². The first kappa shape index (κ1) is 48.7. The summed E-state index contributed by atoms with van der Waals surface area (Å²) in [6.07, 6.45) is 0. The van der Waals surface area contributed by atoms with E-state index in [1.54, 1.807) is 6.92 Å². The van der Waals surface area contributed by atoms with Crippen molar-refractivity contribution in [2.75, 3.05) is 4.72 Å². The fourth-order valence-electron chi connectivity index (χ4n) is 5.25. The van der Waals surface area contributed by atoms with Gasteiger partial charge < -0.3 is 18.8 Å². The molecule has 57 heavy (non-hydrogen) atoms. The second-order valence-electron chi connectivity index (χ2n) is 11.5. The number of aryl methyl sites for hydroxylation is 1. The first-order valence-electron chi connectivity index (χ1n) is 15.0. The SMILES string of the molecule is Cc1cc(NS(=O)(=O)c2ccc(N=Nc3cc(S(=O)(=O)[O-])c4ccccc4c3O)cc2)ccc1N=Nc1ccc2cc(S(=O)(=O)[O-])cc(S(=O)(=O)[O-])c2c1.[Na+].[Na+].[Na+]. The molecule has 0 saturated carbocycles. The number of fused-ring (bicyclic) bond motifs is 2. The normalized spacial score (nSPS) is 12.3. The van der Waals surface area contributed by atoms with Gasteiger partial charge in [0.1, 0.15) is 36.0 Å². The van der Waals surface area contributed by atoms with E-state index < -0.39 is 60.8 Å². The van der Waals surface area contributed by atoms with Gasteiger partial charge in [-0.05, 0) is 90.7 Å². The van der Waals surface area contributed by atoms with E-state index in [2.05, 4.69) is 25.2 Å². The van der Waals surface area contributed by atoms with Gasteiger partial charge in [-0.2, -0.15) is 15.3 Å². The van der Waals surface area contributed by atoms with Gasteiger partial charge in [-0.1, -0.05) is 30.3 Å². The molecule has 2 N–H and O–H groups in total. The van der Waals surface area contributed by atoms with E-state index in [0.717, 1.165) is 12.1 Å². The van der Waals surface area contributed by atoms with Crippen LogP contribution < -0.4 is 93.4 Å². The third-order valence-electron chi connectivity index (χ3n) is 7.80. The largest absolute Gasteiger partial charge is 1.00 e. The molecule has 278 valence electrons. The van der Waals surface area contributed by atoms with Crippen molar-refractivity contribution in [1.29, 1.82) is 0 Å². The molecule has 24 heteroatoms. The Hall–Kier alpha value is -2.68. The summed E-state index contributed by atoms with van der Waals surface area (Å²) in [4.78, 5) is -2.56. The summed E-state index contributed by atoms with van der Waals surface area (Å²) < 4.78 is 134. The number of nitrogens with one attached hydrogen (secondary N) is 1. The van der Waals surface area contributed by atoms with Gasteiger partial charge >= 0.3 is 88.7 Å². The Morgan fingerprint density at radius 2 is 1.09 bits per heavy atom. The van der Waals surface area contributed by atoms with Crippen LogP contribution in [-0.4, -0.2) is 52.4 Å². The summed E-state index contributed by atoms with van der Waals surface area (Å²) in [6.45, 7) is 1.61. The van der Waals surface area contributed by atoms with Gasteiger partial charge in [-0.25, -0.2) is 33.7 Å². The zero-order chi connectivity index (χ0) is 39.2. The standard InChI is InChI=1S/C33H25N5O12S4.3Na/c1-19-14-23(10-13-29(19)36-35-22-7-6-20-15-25(52(42,43)44)17-31(28(20)16-22)53(45,46)47)38-51(40,41)24-11-8-21(9-12-24)34-37-30-18-32(54(48,49)50)26-4-2-3-5-27(26)33(30)39;;;/h2-18,38-39H,1H3,(H,42,43,44)(H,45,46,47)(H,48,49,50);;;/q;3*+1/p-3. The number of rotatable bonds is 10. The molecule has 6 aromatic rings. The quantitative estimate of drug-likeness (QED) is 0.0812. The van der Waals surface area contributed by atoms with Crippen molar-refractivity contribution in [2.45, 2.75) is 26.5 Å². The third kappa shape index (κ3) is 11.3. The molecule has 0 amide bonds. The van der Waals surface area contributed by atoms with Crippen molar-refractivity contribution in [3.05, 3.63) is 109 Å². The van der Waals surface area contributed by atoms with Crippen LogP contribution in [0.5, 0.6) is 5.75 Å². The summed E-state index contributed by atoms with van der Waals surface area (Å²) in [7, 11) is -19.3. The van der Waals surface area contributed by atoms with Gasteiger partial charge in [0.2, 0.25) is 0 Å². The van der Waals surface area contributed by atoms with Crippen LogP contribution in [0.25, 0.3) is 21.5 Å². The van der Waals surface area contributed by atoms with Crippen LogP contribution in [0.15, 0.2) is 143 Å². The molecule has 0 fully saturated rings. The molecule has 17 nitrogen and oxygen atoms in total. The molecule has 0 radical (unpaired) electrons. The number of phenolic OH excluding ortho intramolecular Hbond substituents is 1. The summed E-state index contributed by atoms with van der Waals surface area (Å²) >= 11 is 0. The van der Waals surface area contributed by atoms with Crippen molar-refractivity contribution < 1.29 is 141 Å². The molecule has 0 saturated heterocycles. The maximum Gasteiger partial charge on any atom is 1.00 e. The molecule has 0 bridgehead atoms. The van der Waals surface area contributed by atoms with Crippen LogP contribution in [0.3, 0.4) is 0 Å². The monoisotopic (exact) mass is 877 g/mol. The number of benzene rings is 6. The molecule has 0 spiro atoms. The molecule has 0 atom stereocenters. The number of hydrogen-bond acceptors (Lipinski definition) is 16. The van der Waals surface area contributed by atoms with E-state index >= 15 is 0 Å². The molecule has 0 aromatic heterocycles. The maximum absolute atomic E-state index is 13.1. The second-order valence-corrected chi connectivity index (χ2v) is 17.2. The number of hydrogen-bond donors (Lipinski definition) is 2. The molecule has 0 heterocycles. The molecule has 0 aliphatic carbocycles. The molecular weight excluding hydrogens is 856 g/mol. The number of anilines is 1. The Balaban J connectivity index is 0.00000290. The number of aromatic hydroxyl groups is 1. The van der Waals surface area contributed by atoms with Gasteiger partial charge in [0, 0.05) is 21.8 Å². The van der Waals surface area contributed by atoms with Gasteiger partial charge in [0.15, 0.2) is 5.75 Å². The van der Waals surface area contributed by atoms with Crippen LogP contribution in [0.2, 0.25) is 0 Å². The molecule has 6 rings (SSSR count). The number of phenols is 1. The number of nitrogens with zero attached hydrogens (tertiary/aromatic N) is 4. The number of azo groups is 2. The first-order valence-corrected chi connectivity index (χ1v) is 20.7. The van der Waals surface area contributed by atoms with Crippen LogP contribution >= 0.6 is 0 Å². The number of sulfonamides is 1. The van der Waals surface area contributed by atoms with Gasteiger partial charge in [-0.3, -0.25) is 4.72 Å². The minimum atomic E-state index is -5.20. The fraction of sp³-hybridized carbons (Fsp3) is 0.0303. The average molecular weight is 878 g/mol. The van der Waals surface area contributed by atoms with Crippen LogP contribution in [-0.2, 0) is 40.4 Å². The minimum absolute atomic E-state index is 0. The van der Waals surface area contributed by atoms with E-state index in [9.17, 15) is 52.4 Å². The Bertz CT molecular complexity index is 3040. The predicted octanol–water partition coefficient (Wildman–Crippen LogP) is -2.64. The summed E-state index contributed by atoms with van der Waals surface area (Å²) in [6, 6.07) is 21.3. The molecular formula is C33H22N5Na3O12S4. The second kappa shape index (κ2) is 18.7. The minimum Gasteiger partial charge on any atom is -0.744 e. The van der Waals surface area contributed by atoms with E-state index in [0.29, 0.717) is 11.6 Å². The van der Waals surface area contributed by atoms with Crippen LogP contribution in [0, 0.1) is 6.92 Å². The Morgan fingerprint density at radius 3 is 1.68 bits per heavy atom. The Morgan fingerprint density at radius 1 is 0.526 bits per heavy atom. The summed E-state index contributed by atoms with van der Waals surface area (Å²) in [5, 5.41) is 26.5. The van der Waals surface area contributed by atoms with E-state index in [-0.39, 0.29) is 144 Å². The van der Waals surface area contributed by atoms with Gasteiger partial charge in [0.25, 0.3) is 10.0 Å². The average Bonchev–Trinajstić information content (AvgIpc) is 3.09. The van der Waals surface area contributed by atoms with E-state index in [4.69, 9.17) is 0 Å². The zero-order valence-electron chi connectivity index (χ0n) is 30.2. The molecule has 0 unspecified atom stereocenters. The van der Waals surface area contributed by atoms with Crippen molar-refractivity contribution in [1.82, 2.24) is 0 Å². The van der Waals surface area contributed by atoms with Crippen molar-refractivity contribution >= 4 is 90.4 Å². The Labute approximate surface area is 392 Å². The predicted molar refractivity (Wildman–Crippen MR) is 190 cm³/mol. The van der Waals surface area contributed by atoms with E-state index in [1.807, 2.05) is 0 Å². The smallest absolute Gasteiger partial charge is 0.744 e. The van der Waals surface area contributed by atoms with Crippen molar-refractivity contribution in [3.8, 4) is 5.75 Å². The van der Waals surface area contributed by atoms with Crippen LogP contribution in [0.4, 0.5) is 28.4 Å². The Kier molecular flexibility index (Phi) is 16.0. The zero-order valence-corrected chi connectivity index (χ0v) is 39.4. The summed E-state index contributed by atoms with van der Waals surface area (Å²) in [5.74, 6) is -0.411. The van der Waals surface area contributed by atoms with Gasteiger partial charge in [-0.15, -0.1) is 5.11 Å². The third-order valence-corrected chi connectivity index (χ3v) is 11.8. The molecule has 0 aliphatic rings. The van der Waals surface area contributed by atoms with Gasteiger partial charge in [0.05, 0.1) is 36.6 Å². The van der Waals surface area contributed by atoms with E-state index in [1.165, 1.54) is 84.9 Å². The van der Waals surface area contributed by atoms with Crippen LogP contribution in [0.1, 0.15) is 5.56 Å².